The number of phenolic OH excluding ortho intramolecular Hbond substituents is 4. The molecule has 0 amide bonds. The number of nitrogens with one attached hydrogen (secondary N) is 2. The molecule has 8 bridgehead atoms. The molecule has 8 heteroatoms. The van der Waals surface area contributed by atoms with E-state index in [9.17, 15) is 20.4 Å². The molecule has 4 aromatic carbocycles. The minimum atomic E-state index is -0.218. The van der Waals surface area contributed by atoms with Crippen molar-refractivity contribution in [1.82, 2.24) is 10.3 Å². The average molecular weight is 681 g/mol. The van der Waals surface area contributed by atoms with Crippen LogP contribution < -0.4 is 16.0 Å². The number of allylic oxidation sites excluding steroid dienone is 5. The van der Waals surface area contributed by atoms with Crippen LogP contribution in [0.3, 0.4) is 0 Å². The van der Waals surface area contributed by atoms with E-state index in [1.807, 2.05) is 85.0 Å². The van der Waals surface area contributed by atoms with Gasteiger partial charge < -0.3 is 30.7 Å². The normalized spacial score (nSPS) is 22.6. The fourth-order valence-corrected chi connectivity index (χ4v) is 7.39. The van der Waals surface area contributed by atoms with Gasteiger partial charge in [-0.15, -0.1) is 0 Å². The van der Waals surface area contributed by atoms with E-state index >= 15 is 0 Å². The monoisotopic (exact) mass is 680 g/mol. The molecule has 252 valence electrons. The molecule has 5 heterocycles. The molecule has 9 rings (SSSR count). The third-order valence-electron chi connectivity index (χ3n) is 9.62. The Balaban J connectivity index is 1.39. The van der Waals surface area contributed by atoms with Gasteiger partial charge in [0.1, 0.15) is 23.0 Å². The van der Waals surface area contributed by atoms with Crippen molar-refractivity contribution in [1.29, 1.82) is 0 Å². The van der Waals surface area contributed by atoms with Crippen LogP contribution in [0.15, 0.2) is 167 Å². The number of hydrogen-bond donors (Lipinski definition) is 6. The lowest BCUT2D eigenvalue weighted by Gasteiger charge is -2.21. The second-order valence-corrected chi connectivity index (χ2v) is 13.0. The lowest BCUT2D eigenvalue weighted by Crippen LogP contribution is -2.26. The largest absolute Gasteiger partial charge is 0.508 e. The van der Waals surface area contributed by atoms with E-state index in [0.717, 1.165) is 66.6 Å². The van der Waals surface area contributed by atoms with Crippen molar-refractivity contribution >= 4 is 33.7 Å². The summed E-state index contributed by atoms with van der Waals surface area (Å²) in [6.45, 7) is 0. The Morgan fingerprint density at radius 2 is 0.962 bits per heavy atom. The number of H-pyrrole nitrogens is 1. The highest BCUT2D eigenvalue weighted by molar-refractivity contribution is 6.31. The maximum atomic E-state index is 10.6. The number of aromatic hydroxyl groups is 4. The predicted molar refractivity (Wildman–Crippen MR) is 204 cm³/mol. The zero-order valence-corrected chi connectivity index (χ0v) is 27.7. The van der Waals surface area contributed by atoms with Gasteiger partial charge in [-0.25, -0.2) is 9.98 Å². The van der Waals surface area contributed by atoms with Crippen LogP contribution in [0.4, 0.5) is 0 Å². The van der Waals surface area contributed by atoms with E-state index < -0.39 is 0 Å². The molecule has 4 aliphatic heterocycles. The molecule has 8 nitrogen and oxygen atoms in total. The van der Waals surface area contributed by atoms with Crippen LogP contribution in [0, 0.1) is 0 Å². The Morgan fingerprint density at radius 1 is 0.500 bits per heavy atom. The molecule has 0 aliphatic carbocycles. The van der Waals surface area contributed by atoms with Gasteiger partial charge in [-0.05, 0) is 114 Å². The summed E-state index contributed by atoms with van der Waals surface area (Å²) in [5, 5.41) is 47.6. The molecule has 0 fully saturated rings. The van der Waals surface area contributed by atoms with Crippen LogP contribution in [0.5, 0.6) is 23.0 Å². The summed E-state index contributed by atoms with van der Waals surface area (Å²) in [6.07, 6.45) is 10.7. The molecule has 0 radical (unpaired) electrons. The summed E-state index contributed by atoms with van der Waals surface area (Å²) >= 11 is 0. The molecule has 52 heavy (non-hydrogen) atoms. The summed E-state index contributed by atoms with van der Waals surface area (Å²) in [4.78, 5) is 14.1. The molecule has 4 aliphatic rings. The van der Waals surface area contributed by atoms with E-state index in [1.165, 1.54) is 0 Å². The summed E-state index contributed by atoms with van der Waals surface area (Å²) in [7, 11) is 0. The number of phenols is 4. The Labute approximate surface area is 298 Å². The predicted octanol–water partition coefficient (Wildman–Crippen LogP) is 6.34. The third-order valence-corrected chi connectivity index (χ3v) is 9.62. The fraction of sp³-hybridized carbons (Fsp3) is 0.0455. The summed E-state index contributed by atoms with van der Waals surface area (Å²) < 4.78 is 0. The van der Waals surface area contributed by atoms with Gasteiger partial charge in [-0.3, -0.25) is 0 Å². The maximum absolute atomic E-state index is 10.6. The average Bonchev–Trinajstić information content (AvgIpc) is 3.96. The molecular formula is C44H32N4O4. The van der Waals surface area contributed by atoms with Gasteiger partial charge in [0.05, 0.1) is 28.9 Å². The number of hydrogen-bond acceptors (Lipinski definition) is 7. The first-order chi connectivity index (χ1) is 25.4. The molecule has 1 unspecified atom stereocenters. The molecule has 1 aromatic heterocycles. The van der Waals surface area contributed by atoms with Crippen LogP contribution in [0.1, 0.15) is 28.7 Å². The Kier molecular flexibility index (Phi) is 7.36. The zero-order chi connectivity index (χ0) is 35.3. The van der Waals surface area contributed by atoms with Gasteiger partial charge in [-0.2, -0.15) is 0 Å². The van der Waals surface area contributed by atoms with Gasteiger partial charge in [0.15, 0.2) is 0 Å². The summed E-state index contributed by atoms with van der Waals surface area (Å²) in [6, 6.07) is 32.4. The van der Waals surface area contributed by atoms with Gasteiger partial charge >= 0.3 is 0 Å². The second-order valence-electron chi connectivity index (χ2n) is 13.0. The van der Waals surface area contributed by atoms with Crippen molar-refractivity contribution in [3.8, 4) is 23.0 Å². The third kappa shape index (κ3) is 5.52. The van der Waals surface area contributed by atoms with Crippen molar-refractivity contribution in [3.05, 3.63) is 190 Å². The van der Waals surface area contributed by atoms with E-state index in [4.69, 9.17) is 9.98 Å². The van der Waals surface area contributed by atoms with Crippen molar-refractivity contribution in [2.24, 2.45) is 9.98 Å². The minimum Gasteiger partial charge on any atom is -0.508 e. The first-order valence-electron chi connectivity index (χ1n) is 17.0. The fourth-order valence-electron chi connectivity index (χ4n) is 7.39. The van der Waals surface area contributed by atoms with Crippen molar-refractivity contribution in [2.45, 2.75) is 12.5 Å². The smallest absolute Gasteiger partial charge is 0.116 e. The van der Waals surface area contributed by atoms with Crippen molar-refractivity contribution in [2.75, 3.05) is 0 Å². The summed E-state index contributed by atoms with van der Waals surface area (Å²) in [5.74, 6) is 0.564. The molecule has 0 saturated carbocycles. The number of fused-ring (bicyclic) bond motifs is 6. The highest BCUT2D eigenvalue weighted by Crippen LogP contribution is 2.39. The highest BCUT2D eigenvalue weighted by atomic mass is 16.3. The van der Waals surface area contributed by atoms with Gasteiger partial charge in [-0.1, -0.05) is 54.6 Å². The summed E-state index contributed by atoms with van der Waals surface area (Å²) in [5.41, 5.74) is 10.2. The van der Waals surface area contributed by atoms with E-state index in [0.29, 0.717) is 23.5 Å². The van der Waals surface area contributed by atoms with E-state index in [2.05, 4.69) is 16.4 Å². The van der Waals surface area contributed by atoms with Gasteiger partial charge in [0, 0.05) is 38.7 Å². The number of rotatable bonds is 4. The number of aliphatic imine (C=N–C) groups is 2. The van der Waals surface area contributed by atoms with Crippen molar-refractivity contribution in [3.63, 3.8) is 0 Å². The maximum Gasteiger partial charge on any atom is 0.116 e. The Morgan fingerprint density at radius 3 is 1.50 bits per heavy atom. The van der Waals surface area contributed by atoms with E-state index in [1.54, 1.807) is 48.5 Å². The topological polar surface area (TPSA) is 133 Å². The number of nitrogens with zero attached hydrogens (tertiary/aromatic N) is 2. The zero-order valence-electron chi connectivity index (χ0n) is 27.7. The van der Waals surface area contributed by atoms with Crippen LogP contribution in [-0.4, -0.2) is 42.9 Å². The first-order valence-corrected chi connectivity index (χ1v) is 17.0. The standard InChI is InChI=1S/C44H32N4O4/c49-29-9-1-5-25(21-29)41-33-13-15-35(45-33)42(26-6-2-10-30(50)22-26)37-17-19-39(47-37)44(28-8-4-12-32(52)24-28)40-20-18-38(48-40)43(36-16-14-34(41)46-36)27-7-3-11-31(51)23-27/h1-19,21-24,40,45,48-52H,20H2/b41-33-,42-35-,43-36-,44-39-. The van der Waals surface area contributed by atoms with Crippen molar-refractivity contribution < 1.29 is 20.4 Å². The van der Waals surface area contributed by atoms with Gasteiger partial charge in [0.2, 0.25) is 0 Å². The first kappa shape index (κ1) is 31.0. The lowest BCUT2D eigenvalue weighted by atomic mass is 9.95. The van der Waals surface area contributed by atoms with Crippen LogP contribution in [0.25, 0.3) is 22.3 Å². The Hall–Kier alpha value is -7.06. The molecule has 1 atom stereocenters. The molecule has 0 spiro atoms. The number of benzene rings is 4. The van der Waals surface area contributed by atoms with Crippen LogP contribution in [-0.2, 0) is 0 Å². The molecule has 0 saturated heterocycles. The SMILES string of the molecule is Oc1cccc(/C2=C3\C=CC(=N3)/C(c3cccc(O)c3)=c3/cc/c([nH]3)=C(\c3cccc(O)c3)C3=N/C(=C(/c4cccc(O)c4)C4CC=C2N4)C=C3)c1. The highest BCUT2D eigenvalue weighted by Gasteiger charge is 2.30. The van der Waals surface area contributed by atoms with Crippen LogP contribution in [0.2, 0.25) is 0 Å². The minimum absolute atomic E-state index is 0.133. The molecular weight excluding hydrogens is 649 g/mol. The molecule has 6 N–H and O–H groups in total. The number of aromatic nitrogens is 1. The second kappa shape index (κ2) is 12.4. The lowest BCUT2D eigenvalue weighted by molar-refractivity contribution is 0.474. The Bertz CT molecular complexity index is 2690. The number of aromatic amines is 1. The van der Waals surface area contributed by atoms with Crippen LogP contribution >= 0.6 is 0 Å². The molecule has 5 aromatic rings. The van der Waals surface area contributed by atoms with Gasteiger partial charge in [0.25, 0.3) is 0 Å². The van der Waals surface area contributed by atoms with E-state index in [-0.39, 0.29) is 29.0 Å². The quantitative estimate of drug-likeness (QED) is 0.132.